The summed E-state index contributed by atoms with van der Waals surface area (Å²) in [5, 5.41) is 4.55. The van der Waals surface area contributed by atoms with Gasteiger partial charge in [-0.05, 0) is 23.3 Å². The molecule has 90 valence electrons. The van der Waals surface area contributed by atoms with Gasteiger partial charge in [0.2, 0.25) is 0 Å². The van der Waals surface area contributed by atoms with Crippen molar-refractivity contribution in [2.45, 2.75) is 34.2 Å². The van der Waals surface area contributed by atoms with E-state index in [1.165, 1.54) is 0 Å². The molecule has 2 rings (SSSR count). The molecule has 1 aromatic heterocycles. The summed E-state index contributed by atoms with van der Waals surface area (Å²) in [6, 6.07) is 0. The van der Waals surface area contributed by atoms with Crippen LogP contribution < -0.4 is 5.32 Å². The van der Waals surface area contributed by atoms with Crippen LogP contribution in [0.25, 0.3) is 0 Å². The first-order valence-electron chi connectivity index (χ1n) is 5.66. The lowest BCUT2D eigenvalue weighted by molar-refractivity contribution is 0.457. The molecular weight excluding hydrogens is 240 g/mol. The zero-order chi connectivity index (χ0) is 12.0. The maximum Gasteiger partial charge on any atom is 0.113 e. The van der Waals surface area contributed by atoms with Crippen molar-refractivity contribution in [1.29, 1.82) is 0 Å². The van der Waals surface area contributed by atoms with E-state index in [-0.39, 0.29) is 0 Å². The number of nitrogens with one attached hydrogen (secondary N) is 1. The zero-order valence-electron chi connectivity index (χ0n) is 10.3. The lowest BCUT2D eigenvalue weighted by Gasteiger charge is -2.04. The van der Waals surface area contributed by atoms with Crippen molar-refractivity contribution in [3.8, 4) is 0 Å². The fourth-order valence-corrected chi connectivity index (χ4v) is 3.46. The van der Waals surface area contributed by atoms with E-state index in [1.54, 1.807) is 17.5 Å². The highest BCUT2D eigenvalue weighted by Crippen LogP contribution is 2.67. The molecule has 1 N–H and O–H groups in total. The molecule has 0 atom stereocenters. The second-order valence-corrected chi connectivity index (χ2v) is 7.43. The van der Waals surface area contributed by atoms with Gasteiger partial charge in [0.15, 0.2) is 0 Å². The number of nitrogens with zero attached hydrogens (tertiary/aromatic N) is 1. The Balaban J connectivity index is 1.78. The second-order valence-electron chi connectivity index (χ2n) is 5.68. The Labute approximate surface area is 106 Å². The Morgan fingerprint density at radius 2 is 2.00 bits per heavy atom. The first kappa shape index (κ1) is 12.3. The highest BCUT2D eigenvalue weighted by molar-refractivity contribution is 7.15. The fourth-order valence-electron chi connectivity index (χ4n) is 2.54. The lowest BCUT2D eigenvalue weighted by atomic mass is 10.0. The van der Waals surface area contributed by atoms with Gasteiger partial charge in [0, 0.05) is 6.54 Å². The maximum absolute atomic E-state index is 5.83. The molecule has 0 saturated heterocycles. The average Bonchev–Trinajstić information content (AvgIpc) is 2.53. The van der Waals surface area contributed by atoms with Crippen LogP contribution in [-0.2, 0) is 6.54 Å². The molecule has 0 aromatic carbocycles. The van der Waals surface area contributed by atoms with Crippen LogP contribution in [0.15, 0.2) is 6.20 Å². The summed E-state index contributed by atoms with van der Waals surface area (Å²) < 4.78 is 0.767. The zero-order valence-corrected chi connectivity index (χ0v) is 11.9. The number of aromatic nitrogens is 1. The average molecular weight is 259 g/mol. The van der Waals surface area contributed by atoms with Gasteiger partial charge >= 0.3 is 0 Å². The van der Waals surface area contributed by atoms with E-state index in [2.05, 4.69) is 38.0 Å². The number of hydrogen-bond donors (Lipinski definition) is 1. The van der Waals surface area contributed by atoms with Crippen molar-refractivity contribution >= 4 is 22.9 Å². The predicted octanol–water partition coefficient (Wildman–Crippen LogP) is 3.57. The van der Waals surface area contributed by atoms with Crippen LogP contribution in [0.4, 0.5) is 0 Å². The first-order chi connectivity index (χ1) is 7.35. The van der Waals surface area contributed by atoms with Crippen molar-refractivity contribution in [3.05, 3.63) is 15.5 Å². The van der Waals surface area contributed by atoms with E-state index in [4.69, 9.17) is 11.6 Å². The summed E-state index contributed by atoms with van der Waals surface area (Å²) in [6.07, 6.45) is 1.72. The molecule has 0 bridgehead atoms. The van der Waals surface area contributed by atoms with E-state index in [0.717, 1.165) is 28.4 Å². The fraction of sp³-hybridized carbons (Fsp3) is 0.750. The number of thiazole rings is 1. The molecule has 0 spiro atoms. The summed E-state index contributed by atoms with van der Waals surface area (Å²) in [6.45, 7) is 11.3. The van der Waals surface area contributed by atoms with Crippen molar-refractivity contribution < 1.29 is 0 Å². The molecule has 1 aliphatic rings. The monoisotopic (exact) mass is 258 g/mol. The molecule has 0 aliphatic heterocycles. The minimum Gasteiger partial charge on any atom is -0.310 e. The van der Waals surface area contributed by atoms with Gasteiger partial charge in [0.1, 0.15) is 9.34 Å². The molecule has 1 aliphatic carbocycles. The molecule has 0 radical (unpaired) electrons. The van der Waals surface area contributed by atoms with E-state index >= 15 is 0 Å². The molecule has 4 heteroatoms. The van der Waals surface area contributed by atoms with Crippen molar-refractivity contribution in [3.63, 3.8) is 0 Å². The first-order valence-corrected chi connectivity index (χ1v) is 6.86. The highest BCUT2D eigenvalue weighted by atomic mass is 35.5. The van der Waals surface area contributed by atoms with E-state index in [0.29, 0.717) is 10.8 Å². The van der Waals surface area contributed by atoms with E-state index in [1.807, 2.05) is 0 Å². The van der Waals surface area contributed by atoms with Crippen molar-refractivity contribution in [1.82, 2.24) is 10.3 Å². The molecule has 0 unspecified atom stereocenters. The molecule has 2 nitrogen and oxygen atoms in total. The standard InChI is InChI=1S/C12H19ClN2S/c1-11(2)8(12(11,3)4)5-14-7-10-15-6-9(13)16-10/h6,8,14H,5,7H2,1-4H3. The summed E-state index contributed by atoms with van der Waals surface area (Å²) in [7, 11) is 0. The Hall–Kier alpha value is -0.120. The molecule has 1 heterocycles. The van der Waals surface area contributed by atoms with Crippen molar-refractivity contribution in [2.75, 3.05) is 6.54 Å². The van der Waals surface area contributed by atoms with Gasteiger partial charge in [-0.2, -0.15) is 0 Å². The van der Waals surface area contributed by atoms with Gasteiger partial charge in [-0.15, -0.1) is 11.3 Å². The van der Waals surface area contributed by atoms with Crippen LogP contribution in [0.5, 0.6) is 0 Å². The molecule has 1 fully saturated rings. The topological polar surface area (TPSA) is 24.9 Å². The van der Waals surface area contributed by atoms with Gasteiger partial charge < -0.3 is 5.32 Å². The summed E-state index contributed by atoms with van der Waals surface area (Å²) in [4.78, 5) is 4.23. The Morgan fingerprint density at radius 3 is 2.44 bits per heavy atom. The maximum atomic E-state index is 5.83. The van der Waals surface area contributed by atoms with Crippen LogP contribution in [0.1, 0.15) is 32.7 Å². The second kappa shape index (κ2) is 3.97. The Kier molecular flexibility index (Phi) is 3.06. The van der Waals surface area contributed by atoms with Gasteiger partial charge in [-0.25, -0.2) is 4.98 Å². The SMILES string of the molecule is CC1(C)C(CNCc2ncc(Cl)s2)C1(C)C. The molecule has 16 heavy (non-hydrogen) atoms. The van der Waals surface area contributed by atoms with Crippen LogP contribution in [0.3, 0.4) is 0 Å². The molecular formula is C12H19ClN2S. The number of halogens is 1. The van der Waals surface area contributed by atoms with Crippen LogP contribution >= 0.6 is 22.9 Å². The molecule has 0 amide bonds. The quantitative estimate of drug-likeness (QED) is 0.893. The highest BCUT2D eigenvalue weighted by Gasteiger charge is 2.63. The third-order valence-electron chi connectivity index (χ3n) is 4.47. The van der Waals surface area contributed by atoms with Gasteiger partial charge in [-0.3, -0.25) is 0 Å². The normalized spacial score (nSPS) is 22.3. The summed E-state index contributed by atoms with van der Waals surface area (Å²) >= 11 is 7.38. The van der Waals surface area contributed by atoms with Gasteiger partial charge in [-0.1, -0.05) is 39.3 Å². The Bertz CT molecular complexity index is 370. The summed E-state index contributed by atoms with van der Waals surface area (Å²) in [5.74, 6) is 0.760. The van der Waals surface area contributed by atoms with E-state index in [9.17, 15) is 0 Å². The van der Waals surface area contributed by atoms with Gasteiger partial charge in [0.25, 0.3) is 0 Å². The lowest BCUT2D eigenvalue weighted by Crippen LogP contribution is -2.18. The molecule has 1 aromatic rings. The predicted molar refractivity (Wildman–Crippen MR) is 69.9 cm³/mol. The van der Waals surface area contributed by atoms with Crippen molar-refractivity contribution in [2.24, 2.45) is 16.7 Å². The summed E-state index contributed by atoms with van der Waals surface area (Å²) in [5.41, 5.74) is 0.918. The smallest absolute Gasteiger partial charge is 0.113 e. The third kappa shape index (κ3) is 2.01. The van der Waals surface area contributed by atoms with Crippen LogP contribution in [0, 0.1) is 16.7 Å². The molecule has 1 saturated carbocycles. The Morgan fingerprint density at radius 1 is 1.38 bits per heavy atom. The minimum atomic E-state index is 0.459. The minimum absolute atomic E-state index is 0.459. The largest absolute Gasteiger partial charge is 0.310 e. The third-order valence-corrected chi connectivity index (χ3v) is 5.58. The van der Waals surface area contributed by atoms with E-state index < -0.39 is 0 Å². The number of rotatable bonds is 4. The van der Waals surface area contributed by atoms with Crippen LogP contribution in [0.2, 0.25) is 4.34 Å². The van der Waals surface area contributed by atoms with Gasteiger partial charge in [0.05, 0.1) is 6.20 Å². The van der Waals surface area contributed by atoms with Crippen LogP contribution in [-0.4, -0.2) is 11.5 Å². The number of hydrogen-bond acceptors (Lipinski definition) is 3.